The van der Waals surface area contributed by atoms with Crippen LogP contribution in [0.1, 0.15) is 34.3 Å². The molecule has 9 heteroatoms. The lowest BCUT2D eigenvalue weighted by Crippen LogP contribution is -2.54. The summed E-state index contributed by atoms with van der Waals surface area (Å²) in [6.45, 7) is 0.783. The molecule has 7 nitrogen and oxygen atoms in total. The molecule has 1 N–H and O–H groups in total. The summed E-state index contributed by atoms with van der Waals surface area (Å²) in [5, 5.41) is 3.38. The second-order valence-electron chi connectivity index (χ2n) is 8.80. The third kappa shape index (κ3) is 3.89. The molecule has 1 amide bonds. The number of carbonyl (C=O) groups excluding carboxylic acids is 1. The molecule has 1 aromatic heterocycles. The highest BCUT2D eigenvalue weighted by Crippen LogP contribution is 2.47. The highest BCUT2D eigenvalue weighted by molar-refractivity contribution is 14.1. The molecular formula is C24H25IN4O3S. The Morgan fingerprint density at radius 2 is 1.82 bits per heavy atom. The number of rotatable bonds is 4. The van der Waals surface area contributed by atoms with Crippen molar-refractivity contribution in [3.8, 4) is 0 Å². The van der Waals surface area contributed by atoms with Crippen molar-refractivity contribution < 1.29 is 13.2 Å². The largest absolute Gasteiger partial charge is 0.348 e. The minimum atomic E-state index is -3.64. The molecule has 0 saturated carbocycles. The van der Waals surface area contributed by atoms with Crippen molar-refractivity contribution in [2.75, 3.05) is 13.1 Å². The summed E-state index contributed by atoms with van der Waals surface area (Å²) in [7, 11) is -1.88. The summed E-state index contributed by atoms with van der Waals surface area (Å²) in [6, 6.07) is 15.8. The van der Waals surface area contributed by atoms with Crippen LogP contribution in [0.3, 0.4) is 0 Å². The number of amides is 1. The number of sulfonamides is 1. The number of benzene rings is 2. The molecule has 172 valence electrons. The molecule has 5 rings (SSSR count). The number of imidazole rings is 1. The number of hydrogen-bond acceptors (Lipinski definition) is 4. The van der Waals surface area contributed by atoms with Crippen LogP contribution < -0.4 is 5.32 Å². The predicted octanol–water partition coefficient (Wildman–Crippen LogP) is 3.10. The van der Waals surface area contributed by atoms with Crippen LogP contribution in [0.15, 0.2) is 66.1 Å². The Hall–Kier alpha value is -2.24. The SMILES string of the molecule is Cn1cnc(S(=O)(=O)N2CCC3(CC2)c2ccccc2CC3NC(=O)c2ccccc2I)c1. The van der Waals surface area contributed by atoms with Gasteiger partial charge in [-0.1, -0.05) is 36.4 Å². The molecule has 1 aliphatic carbocycles. The first kappa shape index (κ1) is 22.5. The average molecular weight is 576 g/mol. The van der Waals surface area contributed by atoms with Crippen molar-refractivity contribution in [3.63, 3.8) is 0 Å². The number of carbonyl (C=O) groups is 1. The molecule has 1 spiro atoms. The fourth-order valence-electron chi connectivity index (χ4n) is 5.26. The number of aryl methyl sites for hydroxylation is 1. The summed E-state index contributed by atoms with van der Waals surface area (Å²) in [4.78, 5) is 17.2. The Morgan fingerprint density at radius 1 is 1.12 bits per heavy atom. The van der Waals surface area contributed by atoms with Gasteiger partial charge in [0.2, 0.25) is 0 Å². The second-order valence-corrected chi connectivity index (χ2v) is 11.9. The van der Waals surface area contributed by atoms with Gasteiger partial charge < -0.3 is 9.88 Å². The van der Waals surface area contributed by atoms with Gasteiger partial charge in [0.25, 0.3) is 15.9 Å². The van der Waals surface area contributed by atoms with Crippen LogP contribution in [0.25, 0.3) is 0 Å². The van der Waals surface area contributed by atoms with Crippen molar-refractivity contribution in [2.24, 2.45) is 7.05 Å². The van der Waals surface area contributed by atoms with Gasteiger partial charge in [-0.25, -0.2) is 13.4 Å². The summed E-state index contributed by atoms with van der Waals surface area (Å²) in [5.74, 6) is -0.0827. The van der Waals surface area contributed by atoms with E-state index in [0.29, 0.717) is 31.5 Å². The van der Waals surface area contributed by atoms with Crippen LogP contribution in [0.2, 0.25) is 0 Å². The van der Waals surface area contributed by atoms with Crippen molar-refractivity contribution in [2.45, 2.75) is 35.7 Å². The van der Waals surface area contributed by atoms with Crippen LogP contribution in [-0.4, -0.2) is 47.3 Å². The van der Waals surface area contributed by atoms with Crippen LogP contribution in [0, 0.1) is 3.57 Å². The molecule has 1 aliphatic heterocycles. The van der Waals surface area contributed by atoms with Crippen molar-refractivity contribution >= 4 is 38.5 Å². The van der Waals surface area contributed by atoms with Gasteiger partial charge in [0, 0.05) is 41.4 Å². The van der Waals surface area contributed by atoms with Crippen LogP contribution in [-0.2, 0) is 28.9 Å². The Kier molecular flexibility index (Phi) is 5.82. The van der Waals surface area contributed by atoms with Gasteiger partial charge in [-0.05, 0) is 65.1 Å². The van der Waals surface area contributed by atoms with E-state index in [2.05, 4.69) is 45.0 Å². The molecular weight excluding hydrogens is 551 g/mol. The lowest BCUT2D eigenvalue weighted by atomic mass is 9.71. The molecule has 2 aliphatic rings. The zero-order chi connectivity index (χ0) is 23.2. The number of halogens is 1. The van der Waals surface area contributed by atoms with Gasteiger partial charge in [-0.15, -0.1) is 0 Å². The van der Waals surface area contributed by atoms with E-state index >= 15 is 0 Å². The van der Waals surface area contributed by atoms with Crippen molar-refractivity contribution in [1.82, 2.24) is 19.2 Å². The number of nitrogens with one attached hydrogen (secondary N) is 1. The van der Waals surface area contributed by atoms with E-state index in [1.165, 1.54) is 28.0 Å². The lowest BCUT2D eigenvalue weighted by molar-refractivity contribution is 0.0896. The normalized spacial score (nSPS) is 20.0. The van der Waals surface area contributed by atoms with Crippen LogP contribution in [0.5, 0.6) is 0 Å². The molecule has 1 unspecified atom stereocenters. The van der Waals surface area contributed by atoms with Crippen molar-refractivity contribution in [1.29, 1.82) is 0 Å². The minimum absolute atomic E-state index is 0.0799. The van der Waals surface area contributed by atoms with Crippen molar-refractivity contribution in [3.05, 3.63) is 81.3 Å². The van der Waals surface area contributed by atoms with Crippen LogP contribution >= 0.6 is 22.6 Å². The van der Waals surface area contributed by atoms with E-state index in [-0.39, 0.29) is 22.4 Å². The monoisotopic (exact) mass is 576 g/mol. The highest BCUT2D eigenvalue weighted by atomic mass is 127. The zero-order valence-corrected chi connectivity index (χ0v) is 21.2. The summed E-state index contributed by atoms with van der Waals surface area (Å²) < 4.78 is 30.3. The van der Waals surface area contributed by atoms with E-state index in [4.69, 9.17) is 0 Å². The van der Waals surface area contributed by atoms with Gasteiger partial charge in [0.1, 0.15) is 0 Å². The lowest BCUT2D eigenvalue weighted by Gasteiger charge is -2.43. The van der Waals surface area contributed by atoms with Crippen LogP contribution in [0.4, 0.5) is 0 Å². The number of fused-ring (bicyclic) bond motifs is 2. The van der Waals surface area contributed by atoms with E-state index in [1.807, 2.05) is 36.4 Å². The standard InChI is InChI=1S/C24H25IN4O3S/c1-28-15-22(26-16-28)33(31,32)29-12-10-24(11-13-29)19-8-4-2-6-17(19)14-21(24)27-23(30)18-7-3-5-9-20(18)25/h2-9,15-16,21H,10-14H2,1H3,(H,27,30). The van der Waals surface area contributed by atoms with E-state index in [1.54, 1.807) is 11.6 Å². The summed E-state index contributed by atoms with van der Waals surface area (Å²) in [5.41, 5.74) is 2.83. The Bertz CT molecular complexity index is 1310. The first-order chi connectivity index (χ1) is 15.8. The smallest absolute Gasteiger partial charge is 0.262 e. The molecule has 0 bridgehead atoms. The number of nitrogens with zero attached hydrogens (tertiary/aromatic N) is 3. The maximum absolute atomic E-state index is 13.2. The Labute approximate surface area is 207 Å². The van der Waals surface area contributed by atoms with Gasteiger partial charge in [0.15, 0.2) is 5.03 Å². The molecule has 2 heterocycles. The maximum Gasteiger partial charge on any atom is 0.262 e. The number of aromatic nitrogens is 2. The molecule has 2 aromatic carbocycles. The van der Waals surface area contributed by atoms with Gasteiger partial charge in [-0.3, -0.25) is 4.79 Å². The fraction of sp³-hybridized carbons (Fsp3) is 0.333. The van der Waals surface area contributed by atoms with E-state index in [9.17, 15) is 13.2 Å². The predicted molar refractivity (Wildman–Crippen MR) is 133 cm³/mol. The van der Waals surface area contributed by atoms with Gasteiger partial charge >= 0.3 is 0 Å². The van der Waals surface area contributed by atoms with Gasteiger partial charge in [-0.2, -0.15) is 4.31 Å². The molecule has 3 aromatic rings. The average Bonchev–Trinajstić information content (AvgIpc) is 3.37. The quantitative estimate of drug-likeness (QED) is 0.484. The zero-order valence-electron chi connectivity index (χ0n) is 18.2. The Morgan fingerprint density at radius 3 is 2.52 bits per heavy atom. The fourth-order valence-corrected chi connectivity index (χ4v) is 7.30. The summed E-state index contributed by atoms with van der Waals surface area (Å²) in [6.07, 6.45) is 5.08. The van der Waals surface area contributed by atoms with E-state index in [0.717, 1.165) is 9.99 Å². The maximum atomic E-state index is 13.2. The van der Waals surface area contributed by atoms with E-state index < -0.39 is 10.0 Å². The first-order valence-electron chi connectivity index (χ1n) is 10.9. The topological polar surface area (TPSA) is 84.3 Å². The highest BCUT2D eigenvalue weighted by Gasteiger charge is 2.50. The third-order valence-corrected chi connectivity index (χ3v) is 9.69. The first-order valence-corrected chi connectivity index (χ1v) is 13.4. The summed E-state index contributed by atoms with van der Waals surface area (Å²) >= 11 is 2.19. The molecule has 0 radical (unpaired) electrons. The molecule has 1 fully saturated rings. The minimum Gasteiger partial charge on any atom is -0.348 e. The third-order valence-electron chi connectivity index (χ3n) is 6.97. The number of piperidine rings is 1. The molecule has 1 atom stereocenters. The molecule has 33 heavy (non-hydrogen) atoms. The van der Waals surface area contributed by atoms with Gasteiger partial charge in [0.05, 0.1) is 11.9 Å². The molecule has 1 saturated heterocycles. The second kappa shape index (κ2) is 8.52. The number of hydrogen-bond donors (Lipinski definition) is 1. The Balaban J connectivity index is 1.42.